The van der Waals surface area contributed by atoms with Crippen LogP contribution in [0.5, 0.6) is 5.75 Å². The van der Waals surface area contributed by atoms with Crippen LogP contribution < -0.4 is 4.74 Å². The van der Waals surface area contributed by atoms with E-state index in [9.17, 15) is 20.2 Å². The van der Waals surface area contributed by atoms with Crippen LogP contribution in [-0.2, 0) is 6.61 Å². The summed E-state index contributed by atoms with van der Waals surface area (Å²) in [5, 5.41) is 21.3. The maximum absolute atomic E-state index is 10.7. The van der Waals surface area contributed by atoms with Gasteiger partial charge in [-0.3, -0.25) is 20.2 Å². The molecule has 108 valence electrons. The number of halogens is 1. The third kappa shape index (κ3) is 3.76. The summed E-state index contributed by atoms with van der Waals surface area (Å²) in [6.45, 7) is 0.151. The second kappa shape index (κ2) is 6.31. The zero-order chi connectivity index (χ0) is 15.4. The van der Waals surface area contributed by atoms with Crippen LogP contribution in [0, 0.1) is 20.2 Å². The predicted octanol–water partition coefficient (Wildman–Crippen LogP) is 3.84. The third-order valence-corrected chi connectivity index (χ3v) is 3.32. The first-order chi connectivity index (χ1) is 9.97. The van der Waals surface area contributed by atoms with Crippen LogP contribution in [0.25, 0.3) is 0 Å². The monoisotopic (exact) mass is 352 g/mol. The number of benzene rings is 2. The van der Waals surface area contributed by atoms with Gasteiger partial charge in [-0.1, -0.05) is 0 Å². The van der Waals surface area contributed by atoms with Crippen molar-refractivity contribution in [1.29, 1.82) is 0 Å². The number of ether oxygens (including phenoxy) is 1. The molecule has 2 aromatic carbocycles. The summed E-state index contributed by atoms with van der Waals surface area (Å²) in [4.78, 5) is 20.3. The number of non-ortho nitro benzene ring substituents is 2. The molecule has 2 aromatic rings. The van der Waals surface area contributed by atoms with Gasteiger partial charge in [0.05, 0.1) is 20.4 Å². The largest absolute Gasteiger partial charge is 0.487 e. The molecule has 0 aliphatic rings. The Balaban J connectivity index is 2.10. The highest BCUT2D eigenvalue weighted by molar-refractivity contribution is 9.10. The van der Waals surface area contributed by atoms with Crippen LogP contribution >= 0.6 is 15.9 Å². The van der Waals surface area contributed by atoms with E-state index in [1.165, 1.54) is 30.3 Å². The molecular formula is C13H9BrN2O5. The smallest absolute Gasteiger partial charge is 0.273 e. The minimum absolute atomic E-state index is 0.00437. The lowest BCUT2D eigenvalue weighted by molar-refractivity contribution is -0.385. The minimum Gasteiger partial charge on any atom is -0.487 e. The van der Waals surface area contributed by atoms with Crippen molar-refractivity contribution in [3.8, 4) is 5.75 Å². The maximum Gasteiger partial charge on any atom is 0.273 e. The van der Waals surface area contributed by atoms with Crippen molar-refractivity contribution in [2.75, 3.05) is 0 Å². The molecule has 0 aliphatic carbocycles. The number of nitro benzene ring substituents is 2. The van der Waals surface area contributed by atoms with Crippen molar-refractivity contribution >= 4 is 27.3 Å². The van der Waals surface area contributed by atoms with E-state index in [2.05, 4.69) is 15.9 Å². The number of hydrogen-bond acceptors (Lipinski definition) is 5. The molecule has 8 heteroatoms. The first kappa shape index (κ1) is 14.9. The van der Waals surface area contributed by atoms with Gasteiger partial charge < -0.3 is 4.74 Å². The topological polar surface area (TPSA) is 95.5 Å². The number of rotatable bonds is 5. The van der Waals surface area contributed by atoms with Gasteiger partial charge in [0.15, 0.2) is 0 Å². The van der Waals surface area contributed by atoms with Gasteiger partial charge in [0, 0.05) is 18.2 Å². The van der Waals surface area contributed by atoms with Crippen molar-refractivity contribution in [1.82, 2.24) is 0 Å². The van der Waals surface area contributed by atoms with Gasteiger partial charge in [0.1, 0.15) is 12.4 Å². The van der Waals surface area contributed by atoms with E-state index in [-0.39, 0.29) is 18.0 Å². The van der Waals surface area contributed by atoms with Crippen molar-refractivity contribution in [2.24, 2.45) is 0 Å². The maximum atomic E-state index is 10.7. The molecule has 2 rings (SSSR count). The third-order valence-electron chi connectivity index (χ3n) is 2.67. The molecule has 0 aromatic heterocycles. The van der Waals surface area contributed by atoms with Gasteiger partial charge in [-0.25, -0.2) is 0 Å². The van der Waals surface area contributed by atoms with Crippen LogP contribution in [0.15, 0.2) is 46.9 Å². The van der Waals surface area contributed by atoms with Crippen LogP contribution in [0.2, 0.25) is 0 Å². The van der Waals surface area contributed by atoms with Gasteiger partial charge in [0.25, 0.3) is 11.4 Å². The summed E-state index contributed by atoms with van der Waals surface area (Å²) in [6.07, 6.45) is 0. The van der Waals surface area contributed by atoms with E-state index < -0.39 is 9.85 Å². The van der Waals surface area contributed by atoms with Gasteiger partial charge in [-0.15, -0.1) is 0 Å². The first-order valence-electron chi connectivity index (χ1n) is 5.77. The zero-order valence-electron chi connectivity index (χ0n) is 10.6. The summed E-state index contributed by atoms with van der Waals surface area (Å²) in [6, 6.07) is 10.1. The highest BCUT2D eigenvalue weighted by atomic mass is 79.9. The minimum atomic E-state index is -0.509. The summed E-state index contributed by atoms with van der Waals surface area (Å²) in [5.74, 6) is 0.336. The molecule has 0 heterocycles. The molecule has 0 fully saturated rings. The molecule has 0 radical (unpaired) electrons. The molecule has 0 spiro atoms. The van der Waals surface area contributed by atoms with Crippen LogP contribution in [-0.4, -0.2) is 9.85 Å². The molecular weight excluding hydrogens is 344 g/mol. The SMILES string of the molecule is O=[N+]([O-])c1ccc(COc2cc([N+](=O)[O-])ccc2Br)cc1. The Morgan fingerprint density at radius 1 is 0.952 bits per heavy atom. The Bertz CT molecular complexity index is 687. The number of nitro groups is 2. The molecule has 0 saturated heterocycles. The van der Waals surface area contributed by atoms with E-state index in [0.717, 1.165) is 5.56 Å². The lowest BCUT2D eigenvalue weighted by Gasteiger charge is -2.08. The Kier molecular flexibility index (Phi) is 4.49. The fraction of sp³-hybridized carbons (Fsp3) is 0.0769. The van der Waals surface area contributed by atoms with Gasteiger partial charge in [-0.05, 0) is 39.7 Å². The Labute approximate surface area is 127 Å². The van der Waals surface area contributed by atoms with Gasteiger partial charge >= 0.3 is 0 Å². The second-order valence-electron chi connectivity index (χ2n) is 4.08. The van der Waals surface area contributed by atoms with Gasteiger partial charge in [0.2, 0.25) is 0 Å². The molecule has 0 aliphatic heterocycles. The van der Waals surface area contributed by atoms with Gasteiger partial charge in [-0.2, -0.15) is 0 Å². The first-order valence-corrected chi connectivity index (χ1v) is 6.57. The van der Waals surface area contributed by atoms with Crippen LogP contribution in [0.4, 0.5) is 11.4 Å². The standard InChI is InChI=1S/C13H9BrN2O5/c14-12-6-5-11(16(19)20)7-13(12)21-8-9-1-3-10(4-2-9)15(17)18/h1-7H,8H2. The normalized spacial score (nSPS) is 10.1. The summed E-state index contributed by atoms with van der Waals surface area (Å²) >= 11 is 3.25. The average molecular weight is 353 g/mol. The lowest BCUT2D eigenvalue weighted by Crippen LogP contribution is -1.97. The summed E-state index contributed by atoms with van der Waals surface area (Å²) < 4.78 is 6.09. The Morgan fingerprint density at radius 2 is 1.52 bits per heavy atom. The van der Waals surface area contributed by atoms with Crippen molar-refractivity contribution in [3.05, 3.63) is 72.7 Å². The molecule has 7 nitrogen and oxygen atoms in total. The quantitative estimate of drug-likeness (QED) is 0.601. The van der Waals surface area contributed by atoms with Crippen LogP contribution in [0.3, 0.4) is 0 Å². The van der Waals surface area contributed by atoms with Crippen LogP contribution in [0.1, 0.15) is 5.56 Å². The van der Waals surface area contributed by atoms with E-state index >= 15 is 0 Å². The van der Waals surface area contributed by atoms with Crippen molar-refractivity contribution in [2.45, 2.75) is 6.61 Å². The molecule has 0 atom stereocenters. The molecule has 0 bridgehead atoms. The van der Waals surface area contributed by atoms with E-state index in [1.54, 1.807) is 12.1 Å². The molecule has 0 N–H and O–H groups in total. The summed E-state index contributed by atoms with van der Waals surface area (Å²) in [7, 11) is 0. The van der Waals surface area contributed by atoms with Crippen molar-refractivity contribution < 1.29 is 14.6 Å². The molecule has 0 amide bonds. The predicted molar refractivity (Wildman–Crippen MR) is 78.2 cm³/mol. The molecule has 21 heavy (non-hydrogen) atoms. The average Bonchev–Trinajstić information content (AvgIpc) is 2.46. The van der Waals surface area contributed by atoms with E-state index in [0.29, 0.717) is 10.2 Å². The molecule has 0 unspecified atom stereocenters. The summed E-state index contributed by atoms with van der Waals surface area (Å²) in [5.41, 5.74) is 0.645. The Hall–Kier alpha value is -2.48. The number of nitrogens with zero attached hydrogens (tertiary/aromatic N) is 2. The highest BCUT2D eigenvalue weighted by Gasteiger charge is 2.11. The van der Waals surface area contributed by atoms with E-state index in [1.807, 2.05) is 0 Å². The zero-order valence-corrected chi connectivity index (χ0v) is 12.1. The van der Waals surface area contributed by atoms with Crippen molar-refractivity contribution in [3.63, 3.8) is 0 Å². The lowest BCUT2D eigenvalue weighted by atomic mass is 10.2. The van der Waals surface area contributed by atoms with E-state index in [4.69, 9.17) is 4.74 Å². The molecule has 0 saturated carbocycles. The fourth-order valence-corrected chi connectivity index (χ4v) is 1.95. The second-order valence-corrected chi connectivity index (χ2v) is 4.94. The highest BCUT2D eigenvalue weighted by Crippen LogP contribution is 2.30. The number of hydrogen-bond donors (Lipinski definition) is 0. The Morgan fingerprint density at radius 3 is 2.10 bits per heavy atom. The fourth-order valence-electron chi connectivity index (χ4n) is 1.59.